The average molecular weight is 426 g/mol. The van der Waals surface area contributed by atoms with Crippen molar-refractivity contribution in [2.75, 3.05) is 71.2 Å². The fourth-order valence-electron chi connectivity index (χ4n) is 3.42. The summed E-state index contributed by atoms with van der Waals surface area (Å²) < 4.78 is 13.7. The minimum Gasteiger partial charge on any atom is -0.394 e. The molecule has 3 rings (SSSR count). The molecular formula is C18H32N7O5+. The molecular weight excluding hydrogens is 394 g/mol. The molecule has 0 aromatic carbocycles. The molecule has 3 heterocycles. The van der Waals surface area contributed by atoms with Crippen molar-refractivity contribution in [3.8, 4) is 0 Å². The van der Waals surface area contributed by atoms with Crippen LogP contribution in [-0.4, -0.2) is 112 Å². The summed E-state index contributed by atoms with van der Waals surface area (Å²) in [6.07, 6.45) is -0.304. The summed E-state index contributed by atoms with van der Waals surface area (Å²) in [4.78, 5) is 12.9. The summed E-state index contributed by atoms with van der Waals surface area (Å²) in [6, 6.07) is 0. The Hall–Kier alpha value is -2.09. The Bertz CT molecular complexity index is 831. The van der Waals surface area contributed by atoms with E-state index in [1.165, 1.54) is 6.33 Å². The Kier molecular flexibility index (Phi) is 7.39. The van der Waals surface area contributed by atoms with Crippen molar-refractivity contribution in [2.24, 2.45) is 0 Å². The number of ether oxygens (including phenoxy) is 2. The summed E-state index contributed by atoms with van der Waals surface area (Å²) in [5.41, 5.74) is 6.94. The summed E-state index contributed by atoms with van der Waals surface area (Å²) in [5.74, 6) is 0.778. The Morgan fingerprint density at radius 3 is 2.80 bits per heavy atom. The summed E-state index contributed by atoms with van der Waals surface area (Å²) >= 11 is 0. The van der Waals surface area contributed by atoms with E-state index in [9.17, 15) is 10.2 Å². The van der Waals surface area contributed by atoms with E-state index in [1.54, 1.807) is 4.57 Å². The van der Waals surface area contributed by atoms with Crippen molar-refractivity contribution >= 4 is 22.9 Å². The molecule has 12 heteroatoms. The number of imidazole rings is 1. The average Bonchev–Trinajstić information content (AvgIpc) is 3.25. The number of nitrogens with one attached hydrogen (secondary N) is 1. The molecule has 0 aliphatic carbocycles. The number of nitrogens with two attached hydrogens (primary N) is 1. The molecule has 0 amide bonds. The standard InChI is InChI=1S/C18H32N7O5/c1-25(2,5-7-29-8-6-26)4-3-20-18-23-15-16(19)21-11-22-17(15)24(18)14-9-12(28)13(10-27)30-14/h11-14,26-28H,3-10H2,1-2H3,(H,20,23)(H2,19,21,22)/q+1/t12-,13+,14+/m0/s1. The number of nitrogens with zero attached hydrogens (tertiary/aromatic N) is 5. The van der Waals surface area contributed by atoms with Crippen molar-refractivity contribution in [3.63, 3.8) is 0 Å². The normalized spacial score (nSPS) is 22.1. The van der Waals surface area contributed by atoms with Crippen LogP contribution in [0.4, 0.5) is 11.8 Å². The number of aliphatic hydroxyl groups is 3. The van der Waals surface area contributed by atoms with Crippen LogP contribution in [-0.2, 0) is 9.47 Å². The van der Waals surface area contributed by atoms with Crippen molar-refractivity contribution < 1.29 is 29.3 Å². The van der Waals surface area contributed by atoms with Crippen molar-refractivity contribution in [2.45, 2.75) is 24.9 Å². The molecule has 3 atom stereocenters. The van der Waals surface area contributed by atoms with Gasteiger partial charge in [0.2, 0.25) is 5.95 Å². The van der Waals surface area contributed by atoms with Crippen LogP contribution in [0.1, 0.15) is 12.6 Å². The van der Waals surface area contributed by atoms with Gasteiger partial charge in [0.1, 0.15) is 25.2 Å². The third-order valence-electron chi connectivity index (χ3n) is 5.25. The van der Waals surface area contributed by atoms with Gasteiger partial charge < -0.3 is 40.3 Å². The van der Waals surface area contributed by atoms with Gasteiger partial charge in [-0.05, 0) is 0 Å². The number of hydrogen-bond donors (Lipinski definition) is 5. The molecule has 1 aliphatic heterocycles. The Balaban J connectivity index is 1.73. The number of quaternary nitrogens is 1. The molecule has 0 saturated carbocycles. The van der Waals surface area contributed by atoms with E-state index in [0.29, 0.717) is 47.8 Å². The van der Waals surface area contributed by atoms with E-state index in [4.69, 9.17) is 20.3 Å². The lowest BCUT2D eigenvalue weighted by atomic mass is 10.2. The quantitative estimate of drug-likeness (QED) is 0.212. The first kappa shape index (κ1) is 22.6. The van der Waals surface area contributed by atoms with Gasteiger partial charge in [-0.2, -0.15) is 0 Å². The summed E-state index contributed by atoms with van der Waals surface area (Å²) in [6.45, 7) is 2.86. The summed E-state index contributed by atoms with van der Waals surface area (Å²) in [7, 11) is 4.19. The minimum atomic E-state index is -0.779. The van der Waals surface area contributed by atoms with Gasteiger partial charge in [0.15, 0.2) is 17.0 Å². The lowest BCUT2D eigenvalue weighted by Crippen LogP contribution is -2.45. The zero-order valence-corrected chi connectivity index (χ0v) is 17.4. The van der Waals surface area contributed by atoms with E-state index < -0.39 is 18.4 Å². The second kappa shape index (κ2) is 9.81. The molecule has 6 N–H and O–H groups in total. The summed E-state index contributed by atoms with van der Waals surface area (Å²) in [5, 5.41) is 31.7. The number of aliphatic hydroxyl groups excluding tert-OH is 3. The maximum Gasteiger partial charge on any atom is 0.207 e. The highest BCUT2D eigenvalue weighted by atomic mass is 16.5. The number of likely N-dealkylation sites (N-methyl/N-ethyl adjacent to an activating group) is 1. The number of aromatic nitrogens is 4. The number of fused-ring (bicyclic) bond motifs is 1. The fourth-order valence-corrected chi connectivity index (χ4v) is 3.42. The van der Waals surface area contributed by atoms with E-state index in [0.717, 1.165) is 13.1 Å². The molecule has 0 bridgehead atoms. The zero-order valence-electron chi connectivity index (χ0n) is 17.4. The number of nitrogen functional groups attached to an aromatic ring is 1. The van der Waals surface area contributed by atoms with E-state index in [1.807, 2.05) is 0 Å². The van der Waals surface area contributed by atoms with Gasteiger partial charge in [0.25, 0.3) is 0 Å². The molecule has 30 heavy (non-hydrogen) atoms. The largest absolute Gasteiger partial charge is 0.394 e. The predicted molar refractivity (Wildman–Crippen MR) is 110 cm³/mol. The van der Waals surface area contributed by atoms with Crippen molar-refractivity contribution in [3.05, 3.63) is 6.33 Å². The third kappa shape index (κ3) is 5.14. The highest BCUT2D eigenvalue weighted by molar-refractivity contribution is 5.84. The maximum absolute atomic E-state index is 10.2. The van der Waals surface area contributed by atoms with Gasteiger partial charge in [-0.3, -0.25) is 4.57 Å². The first-order chi connectivity index (χ1) is 14.4. The van der Waals surface area contributed by atoms with Crippen LogP contribution in [0, 0.1) is 0 Å². The molecule has 1 fully saturated rings. The van der Waals surface area contributed by atoms with E-state index >= 15 is 0 Å². The maximum atomic E-state index is 10.2. The molecule has 2 aromatic heterocycles. The van der Waals surface area contributed by atoms with Crippen LogP contribution in [0.15, 0.2) is 6.33 Å². The topological polar surface area (TPSA) is 161 Å². The first-order valence-electron chi connectivity index (χ1n) is 10.0. The predicted octanol–water partition coefficient (Wildman–Crippen LogP) is -1.45. The lowest BCUT2D eigenvalue weighted by Gasteiger charge is -2.30. The van der Waals surface area contributed by atoms with Crippen molar-refractivity contribution in [1.82, 2.24) is 19.5 Å². The number of anilines is 2. The van der Waals surface area contributed by atoms with Crippen LogP contribution in [0.5, 0.6) is 0 Å². The van der Waals surface area contributed by atoms with Gasteiger partial charge in [-0.1, -0.05) is 0 Å². The molecule has 12 nitrogen and oxygen atoms in total. The second-order valence-electron chi connectivity index (χ2n) is 8.00. The fraction of sp³-hybridized carbons (Fsp3) is 0.722. The highest BCUT2D eigenvalue weighted by Gasteiger charge is 2.37. The van der Waals surface area contributed by atoms with Gasteiger partial charge in [0, 0.05) is 6.42 Å². The number of rotatable bonds is 11. The molecule has 1 aliphatic rings. The van der Waals surface area contributed by atoms with E-state index in [2.05, 4.69) is 34.4 Å². The Morgan fingerprint density at radius 1 is 1.30 bits per heavy atom. The van der Waals surface area contributed by atoms with Gasteiger partial charge in [0.05, 0.1) is 59.7 Å². The molecule has 0 radical (unpaired) electrons. The zero-order chi connectivity index (χ0) is 21.7. The van der Waals surface area contributed by atoms with Crippen LogP contribution < -0.4 is 11.1 Å². The van der Waals surface area contributed by atoms with Crippen LogP contribution in [0.25, 0.3) is 11.2 Å². The third-order valence-corrected chi connectivity index (χ3v) is 5.25. The molecule has 0 spiro atoms. The minimum absolute atomic E-state index is 0.0201. The molecule has 168 valence electrons. The monoisotopic (exact) mass is 426 g/mol. The Morgan fingerprint density at radius 2 is 2.10 bits per heavy atom. The van der Waals surface area contributed by atoms with Gasteiger partial charge >= 0.3 is 0 Å². The van der Waals surface area contributed by atoms with Crippen LogP contribution >= 0.6 is 0 Å². The molecule has 2 aromatic rings. The van der Waals surface area contributed by atoms with Crippen LogP contribution in [0.2, 0.25) is 0 Å². The number of hydrogen-bond acceptors (Lipinski definition) is 10. The second-order valence-corrected chi connectivity index (χ2v) is 8.00. The lowest BCUT2D eigenvalue weighted by molar-refractivity contribution is -0.889. The van der Waals surface area contributed by atoms with E-state index in [-0.39, 0.29) is 19.0 Å². The first-order valence-corrected chi connectivity index (χ1v) is 10.0. The SMILES string of the molecule is C[N+](C)(CCNc1nc2c(N)ncnc2n1[C@H]1C[C@H](O)[C@@H](CO)O1)CCOCCO. The molecule has 1 saturated heterocycles. The van der Waals surface area contributed by atoms with Gasteiger partial charge in [-0.25, -0.2) is 15.0 Å². The van der Waals surface area contributed by atoms with Crippen molar-refractivity contribution in [1.29, 1.82) is 0 Å². The smallest absolute Gasteiger partial charge is 0.207 e. The Labute approximate surface area is 174 Å². The van der Waals surface area contributed by atoms with Crippen LogP contribution in [0.3, 0.4) is 0 Å². The van der Waals surface area contributed by atoms with Gasteiger partial charge in [-0.15, -0.1) is 0 Å². The highest BCUT2D eigenvalue weighted by Crippen LogP contribution is 2.34. The molecule has 0 unspecified atom stereocenters.